The second kappa shape index (κ2) is 8.24. The standard InChI is InChI=1S/C18H20F3N5O/c19-18(20,21)14-3-1-2-4-15(14)25-17(27)24-11-13-5-9-26(10-6-13)16-12-22-7-8-23-16/h1-4,7-8,12-13H,5-6,9-11H2,(H2,24,25,27). The van der Waals surface area contributed by atoms with E-state index in [0.29, 0.717) is 6.54 Å². The number of amides is 2. The lowest BCUT2D eigenvalue weighted by molar-refractivity contribution is -0.136. The summed E-state index contributed by atoms with van der Waals surface area (Å²) in [7, 11) is 0. The van der Waals surface area contributed by atoms with Gasteiger partial charge in [0, 0.05) is 32.0 Å². The lowest BCUT2D eigenvalue weighted by atomic mass is 9.97. The number of benzene rings is 1. The molecule has 1 aromatic carbocycles. The summed E-state index contributed by atoms with van der Waals surface area (Å²) in [6.07, 6.45) is 2.18. The number of nitrogens with one attached hydrogen (secondary N) is 2. The molecule has 2 N–H and O–H groups in total. The van der Waals surface area contributed by atoms with E-state index >= 15 is 0 Å². The van der Waals surface area contributed by atoms with Crippen LogP contribution in [0.15, 0.2) is 42.9 Å². The number of halogens is 3. The van der Waals surface area contributed by atoms with E-state index in [1.165, 1.54) is 18.2 Å². The molecule has 9 heteroatoms. The minimum Gasteiger partial charge on any atom is -0.355 e. The van der Waals surface area contributed by atoms with E-state index in [9.17, 15) is 18.0 Å². The third kappa shape index (κ3) is 5.08. The smallest absolute Gasteiger partial charge is 0.355 e. The van der Waals surface area contributed by atoms with Crippen molar-refractivity contribution in [3.05, 3.63) is 48.4 Å². The fraction of sp³-hybridized carbons (Fsp3) is 0.389. The van der Waals surface area contributed by atoms with Crippen LogP contribution in [0.3, 0.4) is 0 Å². The molecule has 0 spiro atoms. The predicted octanol–water partition coefficient (Wildman–Crippen LogP) is 3.53. The van der Waals surface area contributed by atoms with Crippen LogP contribution < -0.4 is 15.5 Å². The molecule has 2 aromatic rings. The van der Waals surface area contributed by atoms with Crippen molar-refractivity contribution < 1.29 is 18.0 Å². The molecule has 144 valence electrons. The number of nitrogens with zero attached hydrogens (tertiary/aromatic N) is 3. The van der Waals surface area contributed by atoms with E-state index in [4.69, 9.17) is 0 Å². The Balaban J connectivity index is 1.47. The molecule has 0 radical (unpaired) electrons. The maximum absolute atomic E-state index is 13.0. The number of carbonyl (C=O) groups excluding carboxylic acids is 1. The number of anilines is 2. The quantitative estimate of drug-likeness (QED) is 0.853. The van der Waals surface area contributed by atoms with Gasteiger partial charge in [0.1, 0.15) is 5.82 Å². The molecule has 1 fully saturated rings. The lowest BCUT2D eigenvalue weighted by Gasteiger charge is -2.32. The first-order valence-corrected chi connectivity index (χ1v) is 8.65. The fourth-order valence-corrected chi connectivity index (χ4v) is 3.06. The minimum absolute atomic E-state index is 0.250. The molecule has 1 aliphatic rings. The van der Waals surface area contributed by atoms with Crippen molar-refractivity contribution in [3.63, 3.8) is 0 Å². The van der Waals surface area contributed by atoms with Crippen molar-refractivity contribution in [1.29, 1.82) is 0 Å². The van der Waals surface area contributed by atoms with Gasteiger partial charge in [0.05, 0.1) is 17.4 Å². The highest BCUT2D eigenvalue weighted by Gasteiger charge is 2.33. The molecular weight excluding hydrogens is 359 g/mol. The molecule has 0 atom stereocenters. The zero-order valence-electron chi connectivity index (χ0n) is 14.5. The van der Waals surface area contributed by atoms with Crippen molar-refractivity contribution in [3.8, 4) is 0 Å². The zero-order chi connectivity index (χ0) is 19.3. The molecule has 0 unspecified atom stereocenters. The summed E-state index contributed by atoms with van der Waals surface area (Å²) in [6.45, 7) is 2.00. The summed E-state index contributed by atoms with van der Waals surface area (Å²) in [5.41, 5.74) is -1.11. The van der Waals surface area contributed by atoms with Gasteiger partial charge in [-0.05, 0) is 30.9 Å². The minimum atomic E-state index is -4.52. The summed E-state index contributed by atoms with van der Waals surface area (Å²) in [6, 6.07) is 4.28. The average Bonchev–Trinajstić information content (AvgIpc) is 2.67. The largest absolute Gasteiger partial charge is 0.418 e. The summed E-state index contributed by atoms with van der Waals surface area (Å²) >= 11 is 0. The van der Waals surface area contributed by atoms with E-state index in [1.807, 2.05) is 0 Å². The number of aromatic nitrogens is 2. The average molecular weight is 379 g/mol. The maximum atomic E-state index is 13.0. The number of hydrogen-bond acceptors (Lipinski definition) is 4. The van der Waals surface area contributed by atoms with Gasteiger partial charge < -0.3 is 15.5 Å². The monoisotopic (exact) mass is 379 g/mol. The molecule has 2 heterocycles. The molecule has 0 saturated carbocycles. The van der Waals surface area contributed by atoms with E-state index in [1.54, 1.807) is 18.6 Å². The van der Waals surface area contributed by atoms with Gasteiger partial charge in [-0.25, -0.2) is 9.78 Å². The van der Waals surface area contributed by atoms with Gasteiger partial charge in [-0.15, -0.1) is 0 Å². The first kappa shape index (κ1) is 18.9. The maximum Gasteiger partial charge on any atom is 0.418 e. The summed E-state index contributed by atoms with van der Waals surface area (Å²) in [5, 5.41) is 4.96. The molecular formula is C18H20F3N5O. The first-order chi connectivity index (χ1) is 12.9. The van der Waals surface area contributed by atoms with Crippen LogP contribution in [0.25, 0.3) is 0 Å². The molecule has 2 amide bonds. The third-order valence-corrected chi connectivity index (χ3v) is 4.52. The van der Waals surface area contributed by atoms with Gasteiger partial charge in [-0.2, -0.15) is 13.2 Å². The highest BCUT2D eigenvalue weighted by Crippen LogP contribution is 2.34. The Bertz CT molecular complexity index is 761. The van der Waals surface area contributed by atoms with Crippen LogP contribution >= 0.6 is 0 Å². The van der Waals surface area contributed by atoms with Crippen LogP contribution in [-0.2, 0) is 6.18 Å². The molecule has 1 aromatic heterocycles. The number of hydrogen-bond donors (Lipinski definition) is 2. The van der Waals surface area contributed by atoms with Crippen molar-refractivity contribution in [2.24, 2.45) is 5.92 Å². The van der Waals surface area contributed by atoms with Crippen molar-refractivity contribution in [1.82, 2.24) is 15.3 Å². The van der Waals surface area contributed by atoms with Gasteiger partial charge in [0.15, 0.2) is 0 Å². The molecule has 0 aliphatic carbocycles. The topological polar surface area (TPSA) is 70.2 Å². The molecule has 3 rings (SSSR count). The van der Waals surface area contributed by atoms with Gasteiger partial charge in [-0.3, -0.25) is 4.98 Å². The van der Waals surface area contributed by atoms with Crippen LogP contribution in [-0.4, -0.2) is 35.6 Å². The molecule has 1 saturated heterocycles. The van der Waals surface area contributed by atoms with E-state index < -0.39 is 17.8 Å². The highest BCUT2D eigenvalue weighted by atomic mass is 19.4. The van der Waals surface area contributed by atoms with E-state index in [0.717, 1.165) is 37.8 Å². The Kier molecular flexibility index (Phi) is 5.78. The van der Waals surface area contributed by atoms with Crippen LogP contribution in [0, 0.1) is 5.92 Å². The lowest BCUT2D eigenvalue weighted by Crippen LogP contribution is -2.40. The van der Waals surface area contributed by atoms with Gasteiger partial charge in [-0.1, -0.05) is 12.1 Å². The molecule has 0 bridgehead atoms. The van der Waals surface area contributed by atoms with Crippen LogP contribution in [0.4, 0.5) is 29.5 Å². The normalized spacial score (nSPS) is 15.4. The Morgan fingerprint density at radius 3 is 2.59 bits per heavy atom. The Labute approximate surface area is 154 Å². The molecule has 27 heavy (non-hydrogen) atoms. The van der Waals surface area contributed by atoms with Crippen LogP contribution in [0.1, 0.15) is 18.4 Å². The second-order valence-electron chi connectivity index (χ2n) is 6.37. The number of piperidine rings is 1. The van der Waals surface area contributed by atoms with Gasteiger partial charge in [0.2, 0.25) is 0 Å². The second-order valence-corrected chi connectivity index (χ2v) is 6.37. The number of alkyl halides is 3. The summed E-state index contributed by atoms with van der Waals surface area (Å²) < 4.78 is 38.9. The van der Waals surface area contributed by atoms with Crippen molar-refractivity contribution in [2.45, 2.75) is 19.0 Å². The number of para-hydroxylation sites is 1. The van der Waals surface area contributed by atoms with Gasteiger partial charge >= 0.3 is 12.2 Å². The Morgan fingerprint density at radius 1 is 1.19 bits per heavy atom. The Hall–Kier alpha value is -2.84. The third-order valence-electron chi connectivity index (χ3n) is 4.52. The Morgan fingerprint density at radius 2 is 1.93 bits per heavy atom. The molecule has 1 aliphatic heterocycles. The predicted molar refractivity (Wildman–Crippen MR) is 95.4 cm³/mol. The summed E-state index contributed by atoms with van der Waals surface area (Å²) in [4.78, 5) is 22.5. The highest BCUT2D eigenvalue weighted by molar-refractivity contribution is 5.90. The number of urea groups is 1. The summed E-state index contributed by atoms with van der Waals surface area (Å²) in [5.74, 6) is 1.09. The number of carbonyl (C=O) groups is 1. The zero-order valence-corrected chi connectivity index (χ0v) is 14.5. The van der Waals surface area contributed by atoms with Crippen LogP contribution in [0.5, 0.6) is 0 Å². The van der Waals surface area contributed by atoms with Gasteiger partial charge in [0.25, 0.3) is 0 Å². The SMILES string of the molecule is O=C(NCC1CCN(c2cnccn2)CC1)Nc1ccccc1C(F)(F)F. The van der Waals surface area contributed by atoms with E-state index in [-0.39, 0.29) is 11.6 Å². The van der Waals surface area contributed by atoms with Crippen LogP contribution in [0.2, 0.25) is 0 Å². The van der Waals surface area contributed by atoms with Crippen molar-refractivity contribution >= 4 is 17.5 Å². The van der Waals surface area contributed by atoms with E-state index in [2.05, 4.69) is 25.5 Å². The van der Waals surface area contributed by atoms with Crippen molar-refractivity contribution in [2.75, 3.05) is 29.9 Å². The first-order valence-electron chi connectivity index (χ1n) is 8.65. The fourth-order valence-electron chi connectivity index (χ4n) is 3.06. The number of rotatable bonds is 4. The molecule has 6 nitrogen and oxygen atoms in total.